The molecule has 0 aliphatic rings. The van der Waals surface area contributed by atoms with Crippen molar-refractivity contribution in [3.05, 3.63) is 56.7 Å². The van der Waals surface area contributed by atoms with E-state index in [1.807, 2.05) is 31.2 Å². The number of rotatable bonds is 5. The molecule has 2 rings (SSSR count). The molecule has 122 valence electrons. The van der Waals surface area contributed by atoms with E-state index in [4.69, 9.17) is 4.74 Å². The SMILES string of the molecule is CCc1ccc(OCc2c(I)cccc2NC(=O)NC)c(C)c1. The van der Waals surface area contributed by atoms with Gasteiger partial charge < -0.3 is 15.4 Å². The number of anilines is 1. The molecular weight excluding hydrogens is 403 g/mol. The minimum Gasteiger partial charge on any atom is -0.489 e. The quantitative estimate of drug-likeness (QED) is 0.695. The smallest absolute Gasteiger partial charge is 0.318 e. The highest BCUT2D eigenvalue weighted by Gasteiger charge is 2.10. The lowest BCUT2D eigenvalue weighted by Crippen LogP contribution is -2.25. The standard InChI is InChI=1S/C18H21IN2O2/c1-4-13-8-9-17(12(2)10-13)23-11-14-15(19)6-5-7-16(14)21-18(22)20-3/h5-10H,4,11H2,1-3H3,(H2,20,21,22). The first-order valence-electron chi connectivity index (χ1n) is 7.53. The van der Waals surface area contributed by atoms with Gasteiger partial charge in [-0.05, 0) is 65.3 Å². The number of nitrogens with one attached hydrogen (secondary N) is 2. The fraction of sp³-hybridized carbons (Fsp3) is 0.278. The van der Waals surface area contributed by atoms with Gasteiger partial charge in [-0.3, -0.25) is 0 Å². The predicted molar refractivity (Wildman–Crippen MR) is 102 cm³/mol. The normalized spacial score (nSPS) is 10.3. The maximum Gasteiger partial charge on any atom is 0.318 e. The summed E-state index contributed by atoms with van der Waals surface area (Å²) in [6.45, 7) is 4.59. The van der Waals surface area contributed by atoms with Crippen molar-refractivity contribution < 1.29 is 9.53 Å². The molecule has 0 heterocycles. The lowest BCUT2D eigenvalue weighted by molar-refractivity contribution is 0.254. The molecule has 0 aliphatic carbocycles. The van der Waals surface area contributed by atoms with Crippen LogP contribution in [0, 0.1) is 10.5 Å². The maximum atomic E-state index is 11.6. The van der Waals surface area contributed by atoms with Gasteiger partial charge in [0.05, 0.1) is 5.69 Å². The molecule has 0 saturated carbocycles. The molecule has 4 nitrogen and oxygen atoms in total. The first-order valence-corrected chi connectivity index (χ1v) is 8.61. The molecule has 0 spiro atoms. The van der Waals surface area contributed by atoms with Gasteiger partial charge in [0.1, 0.15) is 12.4 Å². The van der Waals surface area contributed by atoms with E-state index >= 15 is 0 Å². The molecule has 2 aromatic carbocycles. The molecule has 0 saturated heterocycles. The second-order valence-electron chi connectivity index (χ2n) is 5.21. The van der Waals surface area contributed by atoms with Gasteiger partial charge in [-0.1, -0.05) is 25.1 Å². The van der Waals surface area contributed by atoms with Crippen molar-refractivity contribution in [2.45, 2.75) is 26.9 Å². The number of hydrogen-bond acceptors (Lipinski definition) is 2. The third kappa shape index (κ3) is 4.60. The summed E-state index contributed by atoms with van der Waals surface area (Å²) in [4.78, 5) is 11.6. The van der Waals surface area contributed by atoms with Gasteiger partial charge in [0.25, 0.3) is 0 Å². The van der Waals surface area contributed by atoms with E-state index in [-0.39, 0.29) is 6.03 Å². The zero-order chi connectivity index (χ0) is 16.8. The van der Waals surface area contributed by atoms with Crippen molar-refractivity contribution >= 4 is 34.3 Å². The molecule has 5 heteroatoms. The Labute approximate surface area is 150 Å². The highest BCUT2D eigenvalue weighted by Crippen LogP contribution is 2.26. The third-order valence-corrected chi connectivity index (χ3v) is 4.62. The number of carbonyl (C=O) groups is 1. The summed E-state index contributed by atoms with van der Waals surface area (Å²) in [5.74, 6) is 0.868. The molecular formula is C18H21IN2O2. The van der Waals surface area contributed by atoms with Crippen molar-refractivity contribution in [1.82, 2.24) is 5.32 Å². The molecule has 23 heavy (non-hydrogen) atoms. The van der Waals surface area contributed by atoms with Crippen LogP contribution < -0.4 is 15.4 Å². The van der Waals surface area contributed by atoms with E-state index in [0.29, 0.717) is 6.61 Å². The zero-order valence-electron chi connectivity index (χ0n) is 13.6. The third-order valence-electron chi connectivity index (χ3n) is 3.61. The van der Waals surface area contributed by atoms with E-state index in [9.17, 15) is 4.79 Å². The number of urea groups is 1. The summed E-state index contributed by atoms with van der Waals surface area (Å²) in [6.07, 6.45) is 1.01. The van der Waals surface area contributed by atoms with Crippen molar-refractivity contribution in [2.24, 2.45) is 0 Å². The average molecular weight is 424 g/mol. The highest BCUT2D eigenvalue weighted by molar-refractivity contribution is 14.1. The van der Waals surface area contributed by atoms with E-state index in [2.05, 4.69) is 52.3 Å². The van der Waals surface area contributed by atoms with Gasteiger partial charge in [0, 0.05) is 16.2 Å². The number of carbonyl (C=O) groups excluding carboxylic acids is 1. The largest absolute Gasteiger partial charge is 0.489 e. The zero-order valence-corrected chi connectivity index (χ0v) is 15.7. The van der Waals surface area contributed by atoms with Crippen molar-refractivity contribution in [1.29, 1.82) is 0 Å². The van der Waals surface area contributed by atoms with Gasteiger partial charge in [-0.2, -0.15) is 0 Å². The van der Waals surface area contributed by atoms with Crippen LogP contribution >= 0.6 is 22.6 Å². The second kappa shape index (κ2) is 8.19. The van der Waals surface area contributed by atoms with Crippen LogP contribution in [-0.2, 0) is 13.0 Å². The van der Waals surface area contributed by atoms with Crippen LogP contribution in [0.4, 0.5) is 10.5 Å². The van der Waals surface area contributed by atoms with Gasteiger partial charge in [0.2, 0.25) is 0 Å². The number of aryl methyl sites for hydroxylation is 2. The van der Waals surface area contributed by atoms with Crippen molar-refractivity contribution in [2.75, 3.05) is 12.4 Å². The Hall–Kier alpha value is -1.76. The Morgan fingerprint density at radius 2 is 2.04 bits per heavy atom. The molecule has 2 N–H and O–H groups in total. The van der Waals surface area contributed by atoms with E-state index in [1.54, 1.807) is 7.05 Å². The summed E-state index contributed by atoms with van der Waals surface area (Å²) in [7, 11) is 1.60. The van der Waals surface area contributed by atoms with Crippen LogP contribution in [0.5, 0.6) is 5.75 Å². The Bertz CT molecular complexity index is 701. The van der Waals surface area contributed by atoms with Gasteiger partial charge in [0.15, 0.2) is 0 Å². The van der Waals surface area contributed by atoms with Gasteiger partial charge in [-0.15, -0.1) is 0 Å². The Morgan fingerprint density at radius 1 is 1.26 bits per heavy atom. The van der Waals surface area contributed by atoms with E-state index < -0.39 is 0 Å². The first kappa shape index (κ1) is 17.6. The van der Waals surface area contributed by atoms with E-state index in [0.717, 1.165) is 32.6 Å². The lowest BCUT2D eigenvalue weighted by atomic mass is 10.1. The Kier molecular flexibility index (Phi) is 6.27. The average Bonchev–Trinajstić information content (AvgIpc) is 2.55. The molecule has 0 aromatic heterocycles. The Balaban J connectivity index is 2.18. The molecule has 2 amide bonds. The van der Waals surface area contributed by atoms with Crippen molar-refractivity contribution in [3.63, 3.8) is 0 Å². The van der Waals surface area contributed by atoms with Crippen LogP contribution in [0.2, 0.25) is 0 Å². The monoisotopic (exact) mass is 424 g/mol. The number of benzene rings is 2. The molecule has 0 bridgehead atoms. The number of halogens is 1. The number of ether oxygens (including phenoxy) is 1. The molecule has 2 aromatic rings. The molecule has 0 unspecified atom stereocenters. The highest BCUT2D eigenvalue weighted by atomic mass is 127. The molecule has 0 aliphatic heterocycles. The predicted octanol–water partition coefficient (Wildman–Crippen LogP) is 4.49. The maximum absolute atomic E-state index is 11.6. The van der Waals surface area contributed by atoms with Crippen LogP contribution in [0.15, 0.2) is 36.4 Å². The summed E-state index contributed by atoms with van der Waals surface area (Å²) in [5, 5.41) is 5.40. The summed E-state index contributed by atoms with van der Waals surface area (Å²) < 4.78 is 7.04. The van der Waals surface area contributed by atoms with Crippen LogP contribution in [0.1, 0.15) is 23.6 Å². The topological polar surface area (TPSA) is 50.4 Å². The summed E-state index contributed by atoms with van der Waals surface area (Å²) in [5.41, 5.74) is 4.15. The fourth-order valence-electron chi connectivity index (χ4n) is 2.25. The van der Waals surface area contributed by atoms with Crippen LogP contribution in [0.25, 0.3) is 0 Å². The van der Waals surface area contributed by atoms with E-state index in [1.165, 1.54) is 5.56 Å². The van der Waals surface area contributed by atoms with Crippen molar-refractivity contribution in [3.8, 4) is 5.75 Å². The van der Waals surface area contributed by atoms with Gasteiger partial charge >= 0.3 is 6.03 Å². The fourth-order valence-corrected chi connectivity index (χ4v) is 2.90. The molecule has 0 fully saturated rings. The summed E-state index contributed by atoms with van der Waals surface area (Å²) >= 11 is 2.26. The number of hydrogen-bond donors (Lipinski definition) is 2. The minimum absolute atomic E-state index is 0.239. The van der Waals surface area contributed by atoms with Crippen LogP contribution in [0.3, 0.4) is 0 Å². The lowest BCUT2D eigenvalue weighted by Gasteiger charge is -2.15. The second-order valence-corrected chi connectivity index (χ2v) is 6.37. The first-order chi connectivity index (χ1) is 11.0. The molecule has 0 radical (unpaired) electrons. The Morgan fingerprint density at radius 3 is 2.70 bits per heavy atom. The number of amides is 2. The molecule has 0 atom stereocenters. The van der Waals surface area contributed by atoms with Crippen LogP contribution in [-0.4, -0.2) is 13.1 Å². The van der Waals surface area contributed by atoms with Gasteiger partial charge in [-0.25, -0.2) is 4.79 Å². The minimum atomic E-state index is -0.239. The summed E-state index contributed by atoms with van der Waals surface area (Å²) in [6, 6.07) is 11.8.